The number of aryl methyl sites for hydroxylation is 1. The molecule has 0 radical (unpaired) electrons. The summed E-state index contributed by atoms with van der Waals surface area (Å²) in [4.78, 5) is 15.1. The zero-order valence-electron chi connectivity index (χ0n) is 12.3. The second-order valence-corrected chi connectivity index (χ2v) is 5.12. The van der Waals surface area contributed by atoms with Crippen LogP contribution in [-0.2, 0) is 6.42 Å². The third-order valence-corrected chi connectivity index (χ3v) is 3.00. The summed E-state index contributed by atoms with van der Waals surface area (Å²) >= 11 is 0. The summed E-state index contributed by atoms with van der Waals surface area (Å²) in [6.07, 6.45) is 3.97. The molecule has 0 saturated heterocycles. The van der Waals surface area contributed by atoms with Crippen molar-refractivity contribution in [2.75, 3.05) is 38.2 Å². The van der Waals surface area contributed by atoms with Gasteiger partial charge in [0.05, 0.1) is 5.52 Å². The molecule has 0 aromatic carbocycles. The van der Waals surface area contributed by atoms with Crippen LogP contribution in [0, 0.1) is 0 Å². The Labute approximate surface area is 119 Å². The van der Waals surface area contributed by atoms with E-state index in [1.54, 1.807) is 0 Å². The third kappa shape index (κ3) is 3.54. The lowest BCUT2D eigenvalue weighted by molar-refractivity contribution is 0.425. The molecule has 2 heterocycles. The minimum Gasteiger partial charge on any atom is -0.368 e. The monoisotopic (exact) mass is 274 g/mol. The van der Waals surface area contributed by atoms with Crippen LogP contribution in [-0.4, -0.2) is 47.0 Å². The van der Waals surface area contributed by atoms with Gasteiger partial charge in [0.1, 0.15) is 5.52 Å². The highest BCUT2D eigenvalue weighted by Gasteiger charge is 2.08. The van der Waals surface area contributed by atoms with Gasteiger partial charge in [0.15, 0.2) is 5.82 Å². The maximum Gasteiger partial charge on any atom is 0.222 e. The largest absolute Gasteiger partial charge is 0.368 e. The van der Waals surface area contributed by atoms with Crippen molar-refractivity contribution < 1.29 is 0 Å². The number of hydrogen-bond donors (Lipinski definition) is 2. The Bertz CT molecular complexity index is 581. The lowest BCUT2D eigenvalue weighted by atomic mass is 10.1. The third-order valence-electron chi connectivity index (χ3n) is 3.00. The number of nitrogens with zero attached hydrogens (tertiary/aromatic N) is 4. The van der Waals surface area contributed by atoms with Gasteiger partial charge in [-0.3, -0.25) is 4.98 Å². The maximum absolute atomic E-state index is 5.78. The van der Waals surface area contributed by atoms with E-state index in [0.29, 0.717) is 5.82 Å². The molecule has 20 heavy (non-hydrogen) atoms. The Morgan fingerprint density at radius 3 is 2.80 bits per heavy atom. The van der Waals surface area contributed by atoms with E-state index in [9.17, 15) is 0 Å². The number of rotatable bonds is 6. The highest BCUT2D eigenvalue weighted by atomic mass is 15.1. The summed E-state index contributed by atoms with van der Waals surface area (Å²) < 4.78 is 0. The number of pyridine rings is 1. The first-order valence-electron chi connectivity index (χ1n) is 6.91. The number of nitrogens with two attached hydrogens (primary N) is 1. The number of aromatic nitrogens is 3. The SMILES string of the molecule is CCCc1cnc2c(NCCN(C)C)nc(N)nc2c1. The Morgan fingerprint density at radius 1 is 1.30 bits per heavy atom. The van der Waals surface area contributed by atoms with E-state index in [-0.39, 0.29) is 5.95 Å². The van der Waals surface area contributed by atoms with Crippen molar-refractivity contribution in [1.82, 2.24) is 19.9 Å². The van der Waals surface area contributed by atoms with E-state index in [2.05, 4.69) is 32.1 Å². The molecule has 0 aliphatic rings. The molecule has 108 valence electrons. The fourth-order valence-corrected chi connectivity index (χ4v) is 2.02. The van der Waals surface area contributed by atoms with E-state index in [4.69, 9.17) is 5.73 Å². The number of anilines is 2. The minimum absolute atomic E-state index is 0.278. The molecule has 0 atom stereocenters. The van der Waals surface area contributed by atoms with Crippen LogP contribution in [0.25, 0.3) is 11.0 Å². The number of fused-ring (bicyclic) bond motifs is 1. The lowest BCUT2D eigenvalue weighted by Crippen LogP contribution is -2.21. The summed E-state index contributed by atoms with van der Waals surface area (Å²) in [5.74, 6) is 0.984. The summed E-state index contributed by atoms with van der Waals surface area (Å²) in [5, 5.41) is 3.28. The summed E-state index contributed by atoms with van der Waals surface area (Å²) in [6, 6.07) is 2.04. The smallest absolute Gasteiger partial charge is 0.222 e. The zero-order valence-corrected chi connectivity index (χ0v) is 12.3. The molecule has 3 N–H and O–H groups in total. The first kappa shape index (κ1) is 14.5. The standard InChI is InChI=1S/C14H22N6/c1-4-5-10-8-11-12(17-9-10)13(19-14(15)18-11)16-6-7-20(2)3/h8-9H,4-7H2,1-3H3,(H3,15,16,18,19). The molecule has 6 heteroatoms. The van der Waals surface area contributed by atoms with E-state index in [1.807, 2.05) is 26.4 Å². The average Bonchev–Trinajstić information content (AvgIpc) is 2.38. The van der Waals surface area contributed by atoms with Crippen LogP contribution in [0.4, 0.5) is 11.8 Å². The summed E-state index contributed by atoms with van der Waals surface area (Å²) in [6.45, 7) is 3.85. The second kappa shape index (κ2) is 6.47. The number of hydrogen-bond acceptors (Lipinski definition) is 6. The quantitative estimate of drug-likeness (QED) is 0.831. The first-order chi connectivity index (χ1) is 9.60. The van der Waals surface area contributed by atoms with E-state index < -0.39 is 0 Å². The molecular weight excluding hydrogens is 252 g/mol. The average molecular weight is 274 g/mol. The highest BCUT2D eigenvalue weighted by molar-refractivity contribution is 5.86. The van der Waals surface area contributed by atoms with Gasteiger partial charge < -0.3 is 16.0 Å². The highest BCUT2D eigenvalue weighted by Crippen LogP contribution is 2.20. The maximum atomic E-state index is 5.78. The molecule has 0 amide bonds. The van der Waals surface area contributed by atoms with E-state index in [0.717, 1.165) is 37.0 Å². The molecule has 0 fully saturated rings. The van der Waals surface area contributed by atoms with Crippen molar-refractivity contribution in [3.05, 3.63) is 17.8 Å². The Hall–Kier alpha value is -1.95. The molecule has 2 rings (SSSR count). The van der Waals surface area contributed by atoms with Gasteiger partial charge in [0.2, 0.25) is 5.95 Å². The molecule has 0 aliphatic heterocycles. The van der Waals surface area contributed by atoms with Crippen LogP contribution in [0.3, 0.4) is 0 Å². The van der Waals surface area contributed by atoms with Crippen LogP contribution in [0.2, 0.25) is 0 Å². The Kier molecular flexibility index (Phi) is 4.68. The van der Waals surface area contributed by atoms with E-state index >= 15 is 0 Å². The van der Waals surface area contributed by atoms with Crippen molar-refractivity contribution in [2.45, 2.75) is 19.8 Å². The number of nitrogen functional groups attached to an aromatic ring is 1. The van der Waals surface area contributed by atoms with Crippen LogP contribution in [0.1, 0.15) is 18.9 Å². The molecule has 0 saturated carbocycles. The topological polar surface area (TPSA) is 80.0 Å². The fourth-order valence-electron chi connectivity index (χ4n) is 2.02. The van der Waals surface area contributed by atoms with Crippen LogP contribution in [0.5, 0.6) is 0 Å². The number of nitrogens with one attached hydrogen (secondary N) is 1. The van der Waals surface area contributed by atoms with Gasteiger partial charge in [-0.05, 0) is 32.1 Å². The van der Waals surface area contributed by atoms with Crippen molar-refractivity contribution in [3.63, 3.8) is 0 Å². The van der Waals surface area contributed by atoms with Gasteiger partial charge in [-0.15, -0.1) is 0 Å². The van der Waals surface area contributed by atoms with Crippen molar-refractivity contribution in [3.8, 4) is 0 Å². The van der Waals surface area contributed by atoms with Gasteiger partial charge in [-0.25, -0.2) is 4.98 Å². The lowest BCUT2D eigenvalue weighted by Gasteiger charge is -2.12. The van der Waals surface area contributed by atoms with Gasteiger partial charge in [-0.1, -0.05) is 13.3 Å². The van der Waals surface area contributed by atoms with E-state index in [1.165, 1.54) is 5.56 Å². The molecule has 2 aromatic heterocycles. The van der Waals surface area contributed by atoms with Gasteiger partial charge in [0, 0.05) is 19.3 Å². The fraction of sp³-hybridized carbons (Fsp3) is 0.500. The molecule has 0 bridgehead atoms. The molecule has 0 spiro atoms. The Balaban J connectivity index is 2.29. The summed E-state index contributed by atoms with van der Waals surface area (Å²) in [7, 11) is 4.06. The van der Waals surface area contributed by atoms with Crippen molar-refractivity contribution >= 4 is 22.8 Å². The normalized spacial score (nSPS) is 11.2. The second-order valence-electron chi connectivity index (χ2n) is 5.12. The zero-order chi connectivity index (χ0) is 14.5. The van der Waals surface area contributed by atoms with Crippen LogP contribution < -0.4 is 11.1 Å². The minimum atomic E-state index is 0.278. The van der Waals surface area contributed by atoms with Gasteiger partial charge in [0.25, 0.3) is 0 Å². The number of likely N-dealkylation sites (N-methyl/N-ethyl adjacent to an activating group) is 1. The van der Waals surface area contributed by atoms with Crippen LogP contribution >= 0.6 is 0 Å². The predicted molar refractivity (Wildman–Crippen MR) is 82.8 cm³/mol. The molecular formula is C14H22N6. The predicted octanol–water partition coefficient (Wildman–Crippen LogP) is 1.53. The van der Waals surface area contributed by atoms with Crippen LogP contribution in [0.15, 0.2) is 12.3 Å². The molecule has 6 nitrogen and oxygen atoms in total. The molecule has 0 unspecified atom stereocenters. The van der Waals surface area contributed by atoms with Gasteiger partial charge >= 0.3 is 0 Å². The van der Waals surface area contributed by atoms with Crippen molar-refractivity contribution in [1.29, 1.82) is 0 Å². The first-order valence-corrected chi connectivity index (χ1v) is 6.91. The summed E-state index contributed by atoms with van der Waals surface area (Å²) in [5.41, 5.74) is 8.54. The molecule has 0 aliphatic carbocycles. The molecule has 2 aromatic rings. The Morgan fingerprint density at radius 2 is 2.10 bits per heavy atom. The van der Waals surface area contributed by atoms with Gasteiger partial charge in [-0.2, -0.15) is 4.98 Å². The van der Waals surface area contributed by atoms with Crippen molar-refractivity contribution in [2.24, 2.45) is 0 Å².